The summed E-state index contributed by atoms with van der Waals surface area (Å²) >= 11 is 8.40. The molecule has 3 heteroatoms. The number of hydrogen-bond donors (Lipinski definition) is 3. The molecular formula is C12H27NS2. The van der Waals surface area contributed by atoms with E-state index in [4.69, 9.17) is 0 Å². The normalized spacial score (nSPS) is 10.8. The molecule has 0 aromatic carbocycles. The van der Waals surface area contributed by atoms with Gasteiger partial charge >= 0.3 is 0 Å². The van der Waals surface area contributed by atoms with Crippen molar-refractivity contribution in [2.45, 2.75) is 51.4 Å². The Kier molecular flexibility index (Phi) is 15.3. The summed E-state index contributed by atoms with van der Waals surface area (Å²) in [7, 11) is 0. The topological polar surface area (TPSA) is 12.0 Å². The van der Waals surface area contributed by atoms with E-state index in [1.54, 1.807) is 0 Å². The van der Waals surface area contributed by atoms with Crippen LogP contribution in [0.25, 0.3) is 0 Å². The largest absolute Gasteiger partial charge is 0.317 e. The lowest BCUT2D eigenvalue weighted by Gasteiger charge is -2.04. The van der Waals surface area contributed by atoms with Gasteiger partial charge in [-0.1, -0.05) is 25.7 Å². The van der Waals surface area contributed by atoms with Crippen LogP contribution in [0.5, 0.6) is 0 Å². The molecule has 0 amide bonds. The molecule has 0 aliphatic rings. The Morgan fingerprint density at radius 2 is 0.933 bits per heavy atom. The summed E-state index contributed by atoms with van der Waals surface area (Å²) in [6, 6.07) is 0. The third kappa shape index (κ3) is 14.7. The van der Waals surface area contributed by atoms with Gasteiger partial charge in [0.2, 0.25) is 0 Å². The average Bonchev–Trinajstić information content (AvgIpc) is 2.26. The molecule has 0 aliphatic heterocycles. The fourth-order valence-electron chi connectivity index (χ4n) is 1.56. The molecular weight excluding hydrogens is 222 g/mol. The number of thiol groups is 2. The van der Waals surface area contributed by atoms with E-state index in [0.717, 1.165) is 11.5 Å². The van der Waals surface area contributed by atoms with Gasteiger partial charge in [-0.25, -0.2) is 0 Å². The van der Waals surface area contributed by atoms with Crippen LogP contribution in [0.2, 0.25) is 0 Å². The van der Waals surface area contributed by atoms with Crippen molar-refractivity contribution in [1.29, 1.82) is 0 Å². The molecule has 0 aromatic heterocycles. The van der Waals surface area contributed by atoms with Crippen molar-refractivity contribution in [3.63, 3.8) is 0 Å². The second kappa shape index (κ2) is 14.7. The van der Waals surface area contributed by atoms with Gasteiger partial charge in [-0.3, -0.25) is 0 Å². The third-order valence-electron chi connectivity index (χ3n) is 2.52. The molecule has 0 fully saturated rings. The van der Waals surface area contributed by atoms with Gasteiger partial charge in [0.15, 0.2) is 0 Å². The van der Waals surface area contributed by atoms with Gasteiger partial charge < -0.3 is 5.32 Å². The van der Waals surface area contributed by atoms with E-state index in [9.17, 15) is 0 Å². The fraction of sp³-hybridized carbons (Fsp3) is 1.00. The van der Waals surface area contributed by atoms with Crippen molar-refractivity contribution >= 4 is 25.3 Å². The monoisotopic (exact) mass is 249 g/mol. The van der Waals surface area contributed by atoms with Crippen molar-refractivity contribution in [1.82, 2.24) is 5.32 Å². The van der Waals surface area contributed by atoms with Gasteiger partial charge in [0.1, 0.15) is 0 Å². The van der Waals surface area contributed by atoms with E-state index in [2.05, 4.69) is 30.6 Å². The van der Waals surface area contributed by atoms with Crippen LogP contribution >= 0.6 is 25.3 Å². The average molecular weight is 249 g/mol. The molecule has 0 bridgehead atoms. The summed E-state index contributed by atoms with van der Waals surface area (Å²) in [5, 5.41) is 3.50. The van der Waals surface area contributed by atoms with Crippen LogP contribution in [-0.2, 0) is 0 Å². The van der Waals surface area contributed by atoms with Gasteiger partial charge in [-0.05, 0) is 50.3 Å². The minimum Gasteiger partial charge on any atom is -0.317 e. The summed E-state index contributed by atoms with van der Waals surface area (Å²) in [4.78, 5) is 0. The Labute approximate surface area is 107 Å². The molecule has 0 unspecified atom stereocenters. The van der Waals surface area contributed by atoms with Gasteiger partial charge in [0.05, 0.1) is 0 Å². The highest BCUT2D eigenvalue weighted by atomic mass is 32.1. The number of unbranched alkanes of at least 4 members (excludes halogenated alkanes) is 6. The lowest BCUT2D eigenvalue weighted by Crippen LogP contribution is -2.16. The van der Waals surface area contributed by atoms with Crippen LogP contribution in [0.15, 0.2) is 0 Å². The Morgan fingerprint density at radius 3 is 1.33 bits per heavy atom. The van der Waals surface area contributed by atoms with Crippen molar-refractivity contribution in [2.24, 2.45) is 0 Å². The minimum absolute atomic E-state index is 1.04. The second-order valence-corrected chi connectivity index (χ2v) is 4.92. The van der Waals surface area contributed by atoms with Crippen molar-refractivity contribution in [3.05, 3.63) is 0 Å². The Hall–Kier alpha value is 0.660. The first-order valence-electron chi connectivity index (χ1n) is 6.34. The van der Waals surface area contributed by atoms with E-state index >= 15 is 0 Å². The van der Waals surface area contributed by atoms with E-state index in [0.29, 0.717) is 0 Å². The standard InChI is InChI=1S/C12H27NS2/c14-11-7-3-1-5-9-13-10-6-2-4-8-12-15/h13-15H,1-12H2. The maximum Gasteiger partial charge on any atom is -0.00489 e. The minimum atomic E-state index is 1.04. The van der Waals surface area contributed by atoms with Crippen LogP contribution < -0.4 is 5.32 Å². The second-order valence-electron chi connectivity index (χ2n) is 4.03. The van der Waals surface area contributed by atoms with Crippen molar-refractivity contribution < 1.29 is 0 Å². The molecule has 0 aromatic rings. The van der Waals surface area contributed by atoms with Gasteiger partial charge in [-0.15, -0.1) is 0 Å². The number of nitrogens with one attached hydrogen (secondary N) is 1. The first-order valence-corrected chi connectivity index (χ1v) is 7.60. The maximum absolute atomic E-state index is 4.20. The van der Waals surface area contributed by atoms with Gasteiger partial charge in [0, 0.05) is 0 Å². The Bertz CT molecular complexity index is 97.8. The smallest absolute Gasteiger partial charge is 0.00489 e. The van der Waals surface area contributed by atoms with Crippen molar-refractivity contribution in [3.8, 4) is 0 Å². The molecule has 0 saturated heterocycles. The lowest BCUT2D eigenvalue weighted by molar-refractivity contribution is 0.566. The summed E-state index contributed by atoms with van der Waals surface area (Å²) in [5.41, 5.74) is 0. The molecule has 15 heavy (non-hydrogen) atoms. The van der Waals surface area contributed by atoms with Crippen molar-refractivity contribution in [2.75, 3.05) is 24.6 Å². The van der Waals surface area contributed by atoms with Crippen LogP contribution in [0.4, 0.5) is 0 Å². The lowest BCUT2D eigenvalue weighted by atomic mass is 10.2. The SMILES string of the molecule is SCCCCCCNCCCCCCS. The molecule has 0 rings (SSSR count). The highest BCUT2D eigenvalue weighted by molar-refractivity contribution is 7.80. The molecule has 0 heterocycles. The van der Waals surface area contributed by atoms with E-state index in [1.165, 1.54) is 64.5 Å². The highest BCUT2D eigenvalue weighted by Gasteiger charge is 1.91. The first kappa shape index (κ1) is 15.7. The summed E-state index contributed by atoms with van der Waals surface area (Å²) in [5.74, 6) is 2.08. The molecule has 0 aliphatic carbocycles. The number of rotatable bonds is 12. The maximum atomic E-state index is 4.20. The third-order valence-corrected chi connectivity index (χ3v) is 3.16. The number of hydrogen-bond acceptors (Lipinski definition) is 3. The quantitative estimate of drug-likeness (QED) is 0.355. The van der Waals surface area contributed by atoms with Gasteiger partial charge in [-0.2, -0.15) is 25.3 Å². The van der Waals surface area contributed by atoms with Crippen LogP contribution in [0.1, 0.15) is 51.4 Å². The molecule has 0 saturated carbocycles. The van der Waals surface area contributed by atoms with Crippen LogP contribution in [-0.4, -0.2) is 24.6 Å². The molecule has 0 spiro atoms. The molecule has 0 radical (unpaired) electrons. The first-order chi connectivity index (χ1) is 7.41. The predicted octanol–water partition coefficient (Wildman–Crippen LogP) is 3.56. The Morgan fingerprint density at radius 1 is 0.533 bits per heavy atom. The summed E-state index contributed by atoms with van der Waals surface area (Å²) in [6.45, 7) is 2.39. The zero-order valence-corrected chi connectivity index (χ0v) is 11.7. The van der Waals surface area contributed by atoms with E-state index < -0.39 is 0 Å². The van der Waals surface area contributed by atoms with E-state index in [-0.39, 0.29) is 0 Å². The molecule has 1 N–H and O–H groups in total. The van der Waals surface area contributed by atoms with Crippen LogP contribution in [0.3, 0.4) is 0 Å². The van der Waals surface area contributed by atoms with Crippen LogP contribution in [0, 0.1) is 0 Å². The summed E-state index contributed by atoms with van der Waals surface area (Å²) in [6.07, 6.45) is 10.6. The zero-order chi connectivity index (χ0) is 11.2. The predicted molar refractivity (Wildman–Crippen MR) is 77.5 cm³/mol. The Balaban J connectivity index is 2.81. The van der Waals surface area contributed by atoms with Gasteiger partial charge in [0.25, 0.3) is 0 Å². The fourth-order valence-corrected chi connectivity index (χ4v) is 2.00. The molecule has 0 atom stereocenters. The zero-order valence-electron chi connectivity index (χ0n) is 9.88. The molecule has 1 nitrogen and oxygen atoms in total. The van der Waals surface area contributed by atoms with E-state index in [1.807, 2.05) is 0 Å². The summed E-state index contributed by atoms with van der Waals surface area (Å²) < 4.78 is 0. The highest BCUT2D eigenvalue weighted by Crippen LogP contribution is 2.01. The molecule has 92 valence electrons.